The van der Waals surface area contributed by atoms with Crippen molar-refractivity contribution in [2.75, 3.05) is 6.54 Å². The fraction of sp³-hybridized carbons (Fsp3) is 0.353. The lowest BCUT2D eigenvalue weighted by Gasteiger charge is -2.06. The molecule has 1 N–H and O–H groups in total. The van der Waals surface area contributed by atoms with Crippen LogP contribution in [-0.4, -0.2) is 31.7 Å². The quantitative estimate of drug-likeness (QED) is 0.346. The first-order chi connectivity index (χ1) is 13.0. The molecule has 2 aromatic heterocycles. The number of non-ortho nitro benzene ring substituents is 1. The van der Waals surface area contributed by atoms with Crippen LogP contribution in [0.2, 0.25) is 0 Å². The molecule has 1 amide bonds. The van der Waals surface area contributed by atoms with Gasteiger partial charge in [0, 0.05) is 44.5 Å². The molecule has 0 bridgehead atoms. The van der Waals surface area contributed by atoms with Gasteiger partial charge in [-0.2, -0.15) is 5.10 Å². The molecule has 142 valence electrons. The number of oxazole rings is 1. The molecule has 0 saturated carbocycles. The van der Waals surface area contributed by atoms with Crippen LogP contribution in [0.3, 0.4) is 0 Å². The molecule has 0 aliphatic heterocycles. The first kappa shape index (κ1) is 18.4. The van der Waals surface area contributed by atoms with Crippen molar-refractivity contribution in [1.82, 2.24) is 19.7 Å². The van der Waals surface area contributed by atoms with Gasteiger partial charge in [0.05, 0.1) is 16.5 Å². The minimum Gasteiger partial charge on any atom is -0.407 e. The van der Waals surface area contributed by atoms with Crippen molar-refractivity contribution in [3.05, 3.63) is 57.3 Å². The normalized spacial score (nSPS) is 11.0. The number of rotatable bonds is 9. The van der Waals surface area contributed by atoms with Crippen LogP contribution in [0, 0.1) is 10.1 Å². The molecule has 10 nitrogen and oxygen atoms in total. The van der Waals surface area contributed by atoms with Crippen LogP contribution in [-0.2, 0) is 17.9 Å². The van der Waals surface area contributed by atoms with E-state index >= 15 is 0 Å². The summed E-state index contributed by atoms with van der Waals surface area (Å²) in [5.74, 6) is -0.683. The Kier molecular flexibility index (Phi) is 5.64. The maximum Gasteiger partial charge on any atom is 0.419 e. The zero-order valence-electron chi connectivity index (χ0n) is 14.5. The van der Waals surface area contributed by atoms with E-state index in [1.807, 2.05) is 12.3 Å². The van der Waals surface area contributed by atoms with Gasteiger partial charge in [-0.3, -0.25) is 24.2 Å². The van der Waals surface area contributed by atoms with Crippen LogP contribution in [0.1, 0.15) is 19.3 Å². The first-order valence-electron chi connectivity index (χ1n) is 8.56. The number of aryl methyl sites for hydroxylation is 2. The lowest BCUT2D eigenvalue weighted by Crippen LogP contribution is -2.25. The molecule has 0 atom stereocenters. The Morgan fingerprint density at radius 1 is 1.30 bits per heavy atom. The van der Waals surface area contributed by atoms with E-state index in [0.29, 0.717) is 25.0 Å². The van der Waals surface area contributed by atoms with Crippen molar-refractivity contribution in [1.29, 1.82) is 0 Å². The van der Waals surface area contributed by atoms with Crippen molar-refractivity contribution < 1.29 is 14.1 Å². The van der Waals surface area contributed by atoms with Crippen molar-refractivity contribution in [3.8, 4) is 0 Å². The topological polar surface area (TPSA) is 125 Å². The highest BCUT2D eigenvalue weighted by Crippen LogP contribution is 2.20. The SMILES string of the molecule is O=C(CCCn1c(=O)oc2cc([N+](=O)[O-])ccc21)NCCCn1cccn1. The smallest absolute Gasteiger partial charge is 0.407 e. The van der Waals surface area contributed by atoms with Crippen LogP contribution in [0.4, 0.5) is 5.69 Å². The Morgan fingerprint density at radius 3 is 2.89 bits per heavy atom. The van der Waals surface area contributed by atoms with Crippen LogP contribution in [0.25, 0.3) is 11.1 Å². The number of nitrogens with one attached hydrogen (secondary N) is 1. The Hall–Kier alpha value is -3.43. The van der Waals surface area contributed by atoms with Crippen LogP contribution in [0.15, 0.2) is 45.9 Å². The molecule has 3 aromatic rings. The molecule has 27 heavy (non-hydrogen) atoms. The number of fused-ring (bicyclic) bond motifs is 1. The number of hydrogen-bond acceptors (Lipinski definition) is 6. The molecule has 0 radical (unpaired) electrons. The van der Waals surface area contributed by atoms with Crippen molar-refractivity contribution >= 4 is 22.7 Å². The minimum absolute atomic E-state index is 0.0908. The standard InChI is InChI=1S/C17H19N5O5/c23-16(18-7-2-9-20-10-3-8-19-20)4-1-11-21-14-6-5-13(22(25)26)12-15(14)27-17(21)24/h3,5-6,8,10,12H,1-2,4,7,9,11H2,(H,18,23). The van der Waals surface area contributed by atoms with Gasteiger partial charge >= 0.3 is 5.76 Å². The number of carbonyl (C=O) groups excluding carboxylic acids is 1. The summed E-state index contributed by atoms with van der Waals surface area (Å²) in [5.41, 5.74) is 0.500. The van der Waals surface area contributed by atoms with Crippen LogP contribution >= 0.6 is 0 Å². The highest BCUT2D eigenvalue weighted by molar-refractivity contribution is 5.76. The van der Waals surface area contributed by atoms with Gasteiger partial charge in [-0.15, -0.1) is 0 Å². The summed E-state index contributed by atoms with van der Waals surface area (Å²) in [7, 11) is 0. The van der Waals surface area contributed by atoms with Gasteiger partial charge in [0.25, 0.3) is 5.69 Å². The Balaban J connectivity index is 1.47. The average Bonchev–Trinajstić information content (AvgIpc) is 3.26. The molecule has 3 rings (SSSR count). The molecule has 0 aliphatic carbocycles. The second-order valence-corrected chi connectivity index (χ2v) is 6.00. The van der Waals surface area contributed by atoms with E-state index < -0.39 is 10.7 Å². The summed E-state index contributed by atoms with van der Waals surface area (Å²) in [6, 6.07) is 5.87. The molecule has 10 heteroatoms. The number of nitro benzene ring substituents is 1. The third-order valence-corrected chi connectivity index (χ3v) is 4.09. The third-order valence-electron chi connectivity index (χ3n) is 4.09. The highest BCUT2D eigenvalue weighted by Gasteiger charge is 2.14. The summed E-state index contributed by atoms with van der Waals surface area (Å²) in [6.07, 6.45) is 5.07. The van der Waals surface area contributed by atoms with Gasteiger partial charge in [0.15, 0.2) is 5.58 Å². The summed E-state index contributed by atoms with van der Waals surface area (Å²) in [4.78, 5) is 34.1. The molecule has 0 fully saturated rings. The Bertz CT molecular complexity index is 989. The minimum atomic E-state index is -0.592. The number of amides is 1. The zero-order chi connectivity index (χ0) is 19.2. The lowest BCUT2D eigenvalue weighted by molar-refractivity contribution is -0.384. The predicted molar refractivity (Wildman–Crippen MR) is 96.2 cm³/mol. The van der Waals surface area contributed by atoms with E-state index in [-0.39, 0.29) is 23.6 Å². The largest absolute Gasteiger partial charge is 0.419 e. The molecular formula is C17H19N5O5. The van der Waals surface area contributed by atoms with Gasteiger partial charge in [-0.1, -0.05) is 0 Å². The third kappa shape index (κ3) is 4.60. The van der Waals surface area contributed by atoms with Crippen molar-refractivity contribution in [2.45, 2.75) is 32.4 Å². The van der Waals surface area contributed by atoms with Crippen LogP contribution < -0.4 is 11.1 Å². The highest BCUT2D eigenvalue weighted by atomic mass is 16.6. The van der Waals surface area contributed by atoms with E-state index in [1.165, 1.54) is 22.8 Å². The number of nitrogens with zero attached hydrogens (tertiary/aromatic N) is 4. The number of carbonyl (C=O) groups is 1. The second-order valence-electron chi connectivity index (χ2n) is 6.00. The monoisotopic (exact) mass is 373 g/mol. The van der Waals surface area contributed by atoms with E-state index in [4.69, 9.17) is 4.42 Å². The number of benzene rings is 1. The van der Waals surface area contributed by atoms with Gasteiger partial charge in [0.1, 0.15) is 0 Å². The van der Waals surface area contributed by atoms with E-state index in [2.05, 4.69) is 10.4 Å². The zero-order valence-corrected chi connectivity index (χ0v) is 14.5. The lowest BCUT2D eigenvalue weighted by atomic mass is 10.2. The average molecular weight is 373 g/mol. The second kappa shape index (κ2) is 8.30. The summed E-state index contributed by atoms with van der Waals surface area (Å²) in [6.45, 7) is 1.58. The Morgan fingerprint density at radius 2 is 2.15 bits per heavy atom. The molecule has 0 spiro atoms. The molecule has 0 aliphatic rings. The van der Waals surface area contributed by atoms with E-state index in [9.17, 15) is 19.7 Å². The van der Waals surface area contributed by atoms with E-state index in [0.717, 1.165) is 13.0 Å². The summed E-state index contributed by atoms with van der Waals surface area (Å²) >= 11 is 0. The molecule has 0 unspecified atom stereocenters. The molecule has 0 saturated heterocycles. The summed E-state index contributed by atoms with van der Waals surface area (Å²) in [5, 5.41) is 17.7. The molecule has 2 heterocycles. The van der Waals surface area contributed by atoms with Gasteiger partial charge in [-0.05, 0) is 25.0 Å². The molecule has 1 aromatic carbocycles. The maximum atomic E-state index is 11.9. The predicted octanol–water partition coefficient (Wildman–Crippen LogP) is 1.69. The maximum absolute atomic E-state index is 11.9. The van der Waals surface area contributed by atoms with Gasteiger partial charge in [0.2, 0.25) is 5.91 Å². The van der Waals surface area contributed by atoms with Gasteiger partial charge in [-0.25, -0.2) is 4.79 Å². The van der Waals surface area contributed by atoms with E-state index in [1.54, 1.807) is 10.9 Å². The van der Waals surface area contributed by atoms with Gasteiger partial charge < -0.3 is 9.73 Å². The Labute approximate surface area is 153 Å². The fourth-order valence-electron chi connectivity index (χ4n) is 2.77. The van der Waals surface area contributed by atoms with Crippen LogP contribution in [0.5, 0.6) is 0 Å². The fourth-order valence-corrected chi connectivity index (χ4v) is 2.77. The number of hydrogen-bond donors (Lipinski definition) is 1. The summed E-state index contributed by atoms with van der Waals surface area (Å²) < 4.78 is 8.23. The van der Waals surface area contributed by atoms with Crippen molar-refractivity contribution in [3.63, 3.8) is 0 Å². The number of nitro groups is 1. The van der Waals surface area contributed by atoms with Crippen molar-refractivity contribution in [2.24, 2.45) is 0 Å². The first-order valence-corrected chi connectivity index (χ1v) is 8.56. The number of aromatic nitrogens is 3. The molecular weight excluding hydrogens is 354 g/mol.